The smallest absolute Gasteiger partial charge is 0.283 e. The first-order valence-corrected chi connectivity index (χ1v) is 8.20. The molecule has 0 aromatic heterocycles. The molecule has 2 aromatic rings. The van der Waals surface area contributed by atoms with Crippen LogP contribution in [-0.2, 0) is 4.79 Å². The second-order valence-corrected chi connectivity index (χ2v) is 6.01. The van der Waals surface area contributed by atoms with Crippen molar-refractivity contribution in [1.29, 1.82) is 0 Å². The number of hydrogen-bond donors (Lipinski definition) is 2. The molecule has 0 bridgehead atoms. The molecule has 0 spiro atoms. The van der Waals surface area contributed by atoms with Crippen molar-refractivity contribution in [2.24, 2.45) is 0 Å². The van der Waals surface area contributed by atoms with Gasteiger partial charge in [0.25, 0.3) is 11.8 Å². The predicted molar refractivity (Wildman–Crippen MR) is 92.7 cm³/mol. The van der Waals surface area contributed by atoms with Gasteiger partial charge in [-0.15, -0.1) is 0 Å². The lowest BCUT2D eigenvalue weighted by atomic mass is 10.2. The zero-order chi connectivity index (χ0) is 17.8. The van der Waals surface area contributed by atoms with E-state index in [1.165, 1.54) is 7.11 Å². The number of hydrogen-bond acceptors (Lipinski definition) is 5. The molecule has 2 amide bonds. The quantitative estimate of drug-likeness (QED) is 0.761. The lowest BCUT2D eigenvalue weighted by molar-refractivity contribution is -0.131. The predicted octanol–water partition coefficient (Wildman–Crippen LogP) is 2.06. The van der Waals surface area contributed by atoms with Gasteiger partial charge in [-0.3, -0.25) is 20.4 Å². The van der Waals surface area contributed by atoms with Gasteiger partial charge < -0.3 is 14.2 Å². The van der Waals surface area contributed by atoms with Gasteiger partial charge in [0.05, 0.1) is 11.6 Å². The van der Waals surface area contributed by atoms with Crippen LogP contribution in [0.4, 0.5) is 0 Å². The van der Waals surface area contributed by atoms with Crippen LogP contribution in [0.15, 0.2) is 46.9 Å². The Labute approximate surface area is 152 Å². The van der Waals surface area contributed by atoms with Crippen LogP contribution in [0.3, 0.4) is 0 Å². The molecule has 1 heterocycles. The molecule has 0 fully saturated rings. The van der Waals surface area contributed by atoms with Crippen molar-refractivity contribution < 1.29 is 23.8 Å². The third kappa shape index (κ3) is 3.85. The van der Waals surface area contributed by atoms with Crippen LogP contribution in [0.5, 0.6) is 17.2 Å². The van der Waals surface area contributed by atoms with Gasteiger partial charge >= 0.3 is 0 Å². The van der Waals surface area contributed by atoms with Gasteiger partial charge in [0, 0.05) is 5.56 Å². The van der Waals surface area contributed by atoms with Crippen LogP contribution >= 0.6 is 15.9 Å². The highest BCUT2D eigenvalue weighted by Gasteiger charge is 2.27. The molecule has 0 radical (unpaired) electrons. The third-order valence-corrected chi connectivity index (χ3v) is 4.13. The SMILES string of the molecule is COc1ccc(C(=O)NNC(=O)[C@H]2COc3ccccc3O2)cc1Br. The van der Waals surface area contributed by atoms with Gasteiger partial charge in [-0.1, -0.05) is 12.1 Å². The fourth-order valence-corrected chi connectivity index (χ4v) is 2.77. The normalized spacial score (nSPS) is 15.2. The van der Waals surface area contributed by atoms with Gasteiger partial charge in [-0.25, -0.2) is 0 Å². The van der Waals surface area contributed by atoms with Gasteiger partial charge in [-0.05, 0) is 46.3 Å². The fraction of sp³-hybridized carbons (Fsp3) is 0.176. The monoisotopic (exact) mass is 406 g/mol. The summed E-state index contributed by atoms with van der Waals surface area (Å²) in [5, 5.41) is 0. The molecule has 0 unspecified atom stereocenters. The van der Waals surface area contributed by atoms with Gasteiger partial charge in [0.1, 0.15) is 12.4 Å². The van der Waals surface area contributed by atoms with E-state index in [2.05, 4.69) is 26.8 Å². The average Bonchev–Trinajstić information content (AvgIpc) is 2.65. The largest absolute Gasteiger partial charge is 0.496 e. The molecule has 1 aliphatic heterocycles. The van der Waals surface area contributed by atoms with E-state index in [0.717, 1.165) is 0 Å². The van der Waals surface area contributed by atoms with Crippen LogP contribution in [-0.4, -0.2) is 31.6 Å². The van der Waals surface area contributed by atoms with Crippen molar-refractivity contribution in [3.05, 3.63) is 52.5 Å². The van der Waals surface area contributed by atoms with Crippen molar-refractivity contribution in [3.63, 3.8) is 0 Å². The summed E-state index contributed by atoms with van der Waals surface area (Å²) < 4.78 is 16.8. The molecule has 2 aromatic carbocycles. The lowest BCUT2D eigenvalue weighted by Gasteiger charge is -2.25. The Morgan fingerprint density at radius 2 is 1.92 bits per heavy atom. The maximum atomic E-state index is 12.2. The minimum absolute atomic E-state index is 0.0623. The minimum Gasteiger partial charge on any atom is -0.496 e. The average molecular weight is 407 g/mol. The number of rotatable bonds is 3. The standard InChI is InChI=1S/C17H15BrN2O5/c1-23-12-7-6-10(8-11(12)18)16(21)19-20-17(22)15-9-24-13-4-2-3-5-14(13)25-15/h2-8,15H,9H2,1H3,(H,19,21)(H,20,22)/t15-/m1/s1. The van der Waals surface area contributed by atoms with Crippen molar-refractivity contribution in [3.8, 4) is 17.2 Å². The third-order valence-electron chi connectivity index (χ3n) is 3.51. The summed E-state index contributed by atoms with van der Waals surface area (Å²) in [5.41, 5.74) is 5.05. The number of carbonyl (C=O) groups excluding carboxylic acids is 2. The fourth-order valence-electron chi connectivity index (χ4n) is 2.23. The maximum absolute atomic E-state index is 12.2. The summed E-state index contributed by atoms with van der Waals surface area (Å²) in [7, 11) is 1.53. The van der Waals surface area contributed by atoms with Crippen molar-refractivity contribution >= 4 is 27.7 Å². The summed E-state index contributed by atoms with van der Waals surface area (Å²) in [6, 6.07) is 11.9. The molecule has 7 nitrogen and oxygen atoms in total. The number of para-hydroxylation sites is 2. The van der Waals surface area contributed by atoms with Crippen LogP contribution < -0.4 is 25.1 Å². The number of fused-ring (bicyclic) bond motifs is 1. The van der Waals surface area contributed by atoms with Gasteiger partial charge in [-0.2, -0.15) is 0 Å². The number of amides is 2. The molecule has 1 aliphatic rings. The summed E-state index contributed by atoms with van der Waals surface area (Å²) in [4.78, 5) is 24.3. The highest BCUT2D eigenvalue weighted by Crippen LogP contribution is 2.30. The molecule has 2 N–H and O–H groups in total. The number of halogens is 1. The molecule has 130 valence electrons. The van der Waals surface area contributed by atoms with Crippen molar-refractivity contribution in [2.45, 2.75) is 6.10 Å². The number of methoxy groups -OCH3 is 1. The van der Waals surface area contributed by atoms with E-state index in [9.17, 15) is 9.59 Å². The van der Waals surface area contributed by atoms with Crippen LogP contribution in [0.1, 0.15) is 10.4 Å². The first-order valence-electron chi connectivity index (χ1n) is 7.40. The Morgan fingerprint density at radius 3 is 2.64 bits per heavy atom. The number of hydrazine groups is 1. The lowest BCUT2D eigenvalue weighted by Crippen LogP contribution is -2.50. The summed E-state index contributed by atoms with van der Waals surface area (Å²) in [5.74, 6) is 0.703. The molecule has 25 heavy (non-hydrogen) atoms. The second kappa shape index (κ2) is 7.43. The van der Waals surface area contributed by atoms with Crippen molar-refractivity contribution in [2.75, 3.05) is 13.7 Å². The summed E-state index contributed by atoms with van der Waals surface area (Å²) >= 11 is 3.30. The van der Waals surface area contributed by atoms with E-state index < -0.39 is 17.9 Å². The minimum atomic E-state index is -0.849. The first-order chi connectivity index (χ1) is 12.1. The van der Waals surface area contributed by atoms with Gasteiger partial charge in [0.15, 0.2) is 11.5 Å². The second-order valence-electron chi connectivity index (χ2n) is 5.16. The number of nitrogens with one attached hydrogen (secondary N) is 2. The Morgan fingerprint density at radius 1 is 1.16 bits per heavy atom. The highest BCUT2D eigenvalue weighted by atomic mass is 79.9. The van der Waals surface area contributed by atoms with E-state index in [4.69, 9.17) is 14.2 Å². The van der Waals surface area contributed by atoms with Crippen molar-refractivity contribution in [1.82, 2.24) is 10.9 Å². The van der Waals surface area contributed by atoms with E-state index >= 15 is 0 Å². The van der Waals surface area contributed by atoms with E-state index in [1.807, 2.05) is 6.07 Å². The summed E-state index contributed by atoms with van der Waals surface area (Å²) in [6.45, 7) is 0.0623. The Hall–Kier alpha value is -2.74. The maximum Gasteiger partial charge on any atom is 0.283 e. The zero-order valence-electron chi connectivity index (χ0n) is 13.2. The topological polar surface area (TPSA) is 85.9 Å². The van der Waals surface area contributed by atoms with E-state index in [-0.39, 0.29) is 6.61 Å². The number of ether oxygens (including phenoxy) is 3. The Bertz CT molecular complexity index is 811. The van der Waals surface area contributed by atoms with Crippen LogP contribution in [0, 0.1) is 0 Å². The zero-order valence-corrected chi connectivity index (χ0v) is 14.8. The molecular formula is C17H15BrN2O5. The van der Waals surface area contributed by atoms with E-state index in [0.29, 0.717) is 27.3 Å². The molecule has 8 heteroatoms. The molecule has 0 saturated carbocycles. The molecule has 1 atom stereocenters. The van der Waals surface area contributed by atoms with E-state index in [1.54, 1.807) is 36.4 Å². The Balaban J connectivity index is 1.57. The molecule has 3 rings (SSSR count). The van der Waals surface area contributed by atoms with Crippen LogP contribution in [0.25, 0.3) is 0 Å². The molecular weight excluding hydrogens is 392 g/mol. The number of carbonyl (C=O) groups is 2. The van der Waals surface area contributed by atoms with Gasteiger partial charge in [0.2, 0.25) is 6.10 Å². The Kier molecular flexibility index (Phi) is 5.08. The van der Waals surface area contributed by atoms with Crippen LogP contribution in [0.2, 0.25) is 0 Å². The highest BCUT2D eigenvalue weighted by molar-refractivity contribution is 9.10. The first kappa shape index (κ1) is 17.1. The molecule has 0 saturated heterocycles. The summed E-state index contributed by atoms with van der Waals surface area (Å²) in [6.07, 6.45) is -0.849. The number of benzene rings is 2. The molecule has 0 aliphatic carbocycles.